The van der Waals surface area contributed by atoms with Gasteiger partial charge in [-0.15, -0.1) is 0 Å². The van der Waals surface area contributed by atoms with Gasteiger partial charge < -0.3 is 39.4 Å². The lowest BCUT2D eigenvalue weighted by Crippen LogP contribution is -2.55. The van der Waals surface area contributed by atoms with Gasteiger partial charge in [0.2, 0.25) is 4.51 Å². The van der Waals surface area contributed by atoms with Crippen LogP contribution in [0.25, 0.3) is 0 Å². The molecule has 5 N–H and O–H groups in total. The Morgan fingerprint density at radius 2 is 1.70 bits per heavy atom. The largest absolute Gasteiger partial charge is 0.508 e. The Labute approximate surface area is 202 Å². The van der Waals surface area contributed by atoms with Crippen LogP contribution in [0.3, 0.4) is 0 Å². The number of phenols is 4. The lowest BCUT2D eigenvalue weighted by molar-refractivity contribution is -0.112. The molecule has 182 valence electrons. The number of ether oxygens (including phenoxy) is 2. The molecule has 2 aromatic carbocycles. The normalized spacial score (nSPS) is 23.1. The number of aromatic hydroxyl groups is 4. The summed E-state index contributed by atoms with van der Waals surface area (Å²) in [6, 6.07) is 6.79. The van der Waals surface area contributed by atoms with Crippen LogP contribution >= 0.6 is 15.9 Å². The van der Waals surface area contributed by atoms with Crippen molar-refractivity contribution < 1.29 is 39.4 Å². The number of benzene rings is 2. The Balaban J connectivity index is 2.27. The van der Waals surface area contributed by atoms with Crippen LogP contribution in [0, 0.1) is 0 Å². The first-order valence-corrected chi connectivity index (χ1v) is 14.3. The quantitative estimate of drug-likeness (QED) is 0.203. The Morgan fingerprint density at radius 3 is 2.27 bits per heavy atom. The second-order valence-corrected chi connectivity index (χ2v) is 15.6. The van der Waals surface area contributed by atoms with Gasteiger partial charge in [-0.05, 0) is 46.2 Å². The minimum Gasteiger partial charge on any atom is -0.508 e. The van der Waals surface area contributed by atoms with E-state index in [0.29, 0.717) is 5.56 Å². The maximum atomic E-state index is 10.7. The summed E-state index contributed by atoms with van der Waals surface area (Å²) in [5.41, 5.74) is 0.704. The molecule has 0 radical (unpaired) electrons. The molecule has 1 aliphatic rings. The molecule has 10 heteroatoms. The molecule has 8 nitrogen and oxygen atoms in total. The lowest BCUT2D eigenvalue weighted by Gasteiger charge is -2.49. The van der Waals surface area contributed by atoms with Crippen LogP contribution in [-0.4, -0.2) is 53.2 Å². The number of rotatable bonds is 6. The van der Waals surface area contributed by atoms with Crippen molar-refractivity contribution in [3.63, 3.8) is 0 Å². The van der Waals surface area contributed by atoms with Gasteiger partial charge in [0.05, 0.1) is 18.8 Å². The second-order valence-electron chi connectivity index (χ2n) is 9.64. The van der Waals surface area contributed by atoms with Crippen molar-refractivity contribution in [2.24, 2.45) is 0 Å². The van der Waals surface area contributed by atoms with Gasteiger partial charge in [0.15, 0.2) is 19.8 Å². The average molecular weight is 543 g/mol. The highest BCUT2D eigenvalue weighted by Crippen LogP contribution is 2.56. The average Bonchev–Trinajstić information content (AvgIpc) is 2.68. The van der Waals surface area contributed by atoms with E-state index in [0.717, 1.165) is 0 Å². The molecule has 1 heterocycles. The number of hydrogen-bond acceptors (Lipinski definition) is 8. The van der Waals surface area contributed by atoms with E-state index in [4.69, 9.17) is 13.9 Å². The standard InChI is InChI=1S/C23H31BrO8Si/c1-22(2,3)33(4,5)32-21-20(30-9-8-25)19-17(29)11-14(26)12-18(19)31-23(21,24)13-6-7-15(27)16(28)10-13/h6-7,10-12,20-21,25-29H,8-9H2,1-5H3. The first-order chi connectivity index (χ1) is 15.2. The summed E-state index contributed by atoms with van der Waals surface area (Å²) in [6.45, 7) is 10.1. The SMILES string of the molecule is CC(C)(C)[Si](C)(C)OC1C(OCCO)c2c(O)cc(O)cc2OC1(Br)c1ccc(O)c(O)c1. The number of aliphatic hydroxyl groups is 1. The summed E-state index contributed by atoms with van der Waals surface area (Å²) in [5.74, 6) is -0.941. The molecule has 0 amide bonds. The topological polar surface area (TPSA) is 129 Å². The predicted molar refractivity (Wildman–Crippen MR) is 129 cm³/mol. The highest BCUT2D eigenvalue weighted by molar-refractivity contribution is 9.09. The Morgan fingerprint density at radius 1 is 1.03 bits per heavy atom. The summed E-state index contributed by atoms with van der Waals surface area (Å²) in [7, 11) is -2.46. The molecule has 0 spiro atoms. The van der Waals surface area contributed by atoms with E-state index in [9.17, 15) is 25.5 Å². The van der Waals surface area contributed by atoms with Crippen LogP contribution in [0.4, 0.5) is 0 Å². The van der Waals surface area contributed by atoms with Crippen LogP contribution in [0.5, 0.6) is 28.7 Å². The Kier molecular flexibility index (Phi) is 6.99. The first kappa shape index (κ1) is 25.6. The highest BCUT2D eigenvalue weighted by Gasteiger charge is 2.56. The molecule has 2 aromatic rings. The van der Waals surface area contributed by atoms with Crippen molar-refractivity contribution in [1.82, 2.24) is 0 Å². The van der Waals surface area contributed by atoms with Crippen LogP contribution in [0.2, 0.25) is 18.1 Å². The summed E-state index contributed by atoms with van der Waals surface area (Å²) >= 11 is 3.68. The third kappa shape index (κ3) is 4.81. The zero-order valence-electron chi connectivity index (χ0n) is 19.3. The maximum absolute atomic E-state index is 10.7. The third-order valence-corrected chi connectivity index (χ3v) is 11.8. The summed E-state index contributed by atoms with van der Waals surface area (Å²) in [5, 5.41) is 50.1. The smallest absolute Gasteiger partial charge is 0.216 e. The third-order valence-electron chi connectivity index (χ3n) is 6.27. The van der Waals surface area contributed by atoms with Crippen molar-refractivity contribution in [3.8, 4) is 28.7 Å². The molecular formula is C23H31BrO8Si. The number of fused-ring (bicyclic) bond motifs is 1. The molecular weight excluding hydrogens is 512 g/mol. The highest BCUT2D eigenvalue weighted by atomic mass is 79.9. The van der Waals surface area contributed by atoms with E-state index in [1.165, 1.54) is 24.3 Å². The minimum absolute atomic E-state index is 0.0360. The zero-order chi connectivity index (χ0) is 24.8. The van der Waals surface area contributed by atoms with Crippen LogP contribution in [0.15, 0.2) is 30.3 Å². The Hall–Kier alpha value is -1.98. The van der Waals surface area contributed by atoms with Gasteiger partial charge >= 0.3 is 0 Å². The van der Waals surface area contributed by atoms with Crippen molar-refractivity contribution in [3.05, 3.63) is 41.5 Å². The van der Waals surface area contributed by atoms with Gasteiger partial charge in [-0.3, -0.25) is 0 Å². The van der Waals surface area contributed by atoms with Crippen LogP contribution in [-0.2, 0) is 13.7 Å². The molecule has 0 saturated heterocycles. The Bertz CT molecular complexity index is 1020. The fourth-order valence-electron chi connectivity index (χ4n) is 3.47. The number of phenolic OH excluding ortho intramolecular Hbond substituents is 4. The van der Waals surface area contributed by atoms with Gasteiger partial charge in [-0.25, -0.2) is 0 Å². The molecule has 33 heavy (non-hydrogen) atoms. The van der Waals surface area contributed by atoms with Gasteiger partial charge in [0, 0.05) is 17.7 Å². The number of aliphatic hydroxyl groups excluding tert-OH is 1. The molecule has 3 atom stereocenters. The van der Waals surface area contributed by atoms with Crippen molar-refractivity contribution in [2.75, 3.05) is 13.2 Å². The van der Waals surface area contributed by atoms with Crippen LogP contribution < -0.4 is 4.74 Å². The van der Waals surface area contributed by atoms with Crippen molar-refractivity contribution >= 4 is 24.2 Å². The predicted octanol–water partition coefficient (Wildman–Crippen LogP) is 4.59. The van der Waals surface area contributed by atoms with Gasteiger partial charge in [-0.1, -0.05) is 26.8 Å². The van der Waals surface area contributed by atoms with Crippen LogP contribution in [0.1, 0.15) is 38.0 Å². The molecule has 3 unspecified atom stereocenters. The number of halogens is 1. The minimum atomic E-state index is -2.46. The molecule has 0 bridgehead atoms. The fourth-order valence-corrected chi connectivity index (χ4v) is 5.68. The summed E-state index contributed by atoms with van der Waals surface area (Å²) in [6.07, 6.45) is -1.78. The van der Waals surface area contributed by atoms with E-state index in [2.05, 4.69) is 49.8 Å². The van der Waals surface area contributed by atoms with Gasteiger partial charge in [0.1, 0.15) is 29.5 Å². The molecule has 0 aliphatic carbocycles. The number of hydrogen-bond donors (Lipinski definition) is 5. The van der Waals surface area contributed by atoms with E-state index < -0.39 is 25.0 Å². The first-order valence-electron chi connectivity index (χ1n) is 10.6. The van der Waals surface area contributed by atoms with E-state index in [1.54, 1.807) is 6.07 Å². The van der Waals surface area contributed by atoms with Crippen molar-refractivity contribution in [1.29, 1.82) is 0 Å². The van der Waals surface area contributed by atoms with Crippen molar-refractivity contribution in [2.45, 2.75) is 55.6 Å². The molecule has 0 saturated carbocycles. The van der Waals surface area contributed by atoms with E-state index in [-0.39, 0.29) is 52.6 Å². The second kappa shape index (κ2) is 8.99. The molecule has 0 fully saturated rings. The zero-order valence-corrected chi connectivity index (χ0v) is 21.9. The summed E-state index contributed by atoms with van der Waals surface area (Å²) < 4.78 is 17.7. The molecule has 0 aromatic heterocycles. The number of alkyl halides is 1. The van der Waals surface area contributed by atoms with E-state index >= 15 is 0 Å². The maximum Gasteiger partial charge on any atom is 0.216 e. The fraction of sp³-hybridized carbons (Fsp3) is 0.478. The molecule has 3 rings (SSSR count). The lowest BCUT2D eigenvalue weighted by atomic mass is 9.91. The summed E-state index contributed by atoms with van der Waals surface area (Å²) in [4.78, 5) is 0. The van der Waals surface area contributed by atoms with Gasteiger partial charge in [0.25, 0.3) is 0 Å². The monoisotopic (exact) mass is 542 g/mol. The van der Waals surface area contributed by atoms with E-state index in [1.807, 2.05) is 0 Å². The molecule has 1 aliphatic heterocycles. The van der Waals surface area contributed by atoms with Gasteiger partial charge in [-0.2, -0.15) is 0 Å².